The number of carbonyl (C=O) groups is 3. The third-order valence-electron chi connectivity index (χ3n) is 7.79. The number of carbonyl (C=O) groups excluding carboxylic acids is 3. The Morgan fingerprint density at radius 2 is 1.96 bits per heavy atom. The molecule has 4 aliphatic rings. The Labute approximate surface area is 149 Å². The summed E-state index contributed by atoms with van der Waals surface area (Å²) in [4.78, 5) is 36.9. The second-order valence-electron chi connectivity index (χ2n) is 9.13. The van der Waals surface area contributed by atoms with Gasteiger partial charge in [0.05, 0.1) is 0 Å². The fraction of sp³-hybridized carbons (Fsp3) is 0.762. The molecular formula is C21H28O4. The summed E-state index contributed by atoms with van der Waals surface area (Å²) < 4.78 is 5.44. The molecule has 136 valence electrons. The first-order valence-corrected chi connectivity index (χ1v) is 9.68. The van der Waals surface area contributed by atoms with Crippen molar-refractivity contribution < 1.29 is 19.1 Å². The molecule has 0 unspecified atom stereocenters. The smallest absolute Gasteiger partial charge is 0.302 e. The highest BCUT2D eigenvalue weighted by Crippen LogP contribution is 2.62. The highest BCUT2D eigenvalue weighted by atomic mass is 16.5. The molecule has 0 aromatic carbocycles. The average Bonchev–Trinajstić information content (AvgIpc) is 2.82. The predicted octanol–water partition coefficient (Wildman–Crippen LogP) is 3.63. The molecule has 0 spiro atoms. The SMILES string of the molecule is CC(=O)O[C@H]1CC[C@@]2(C)C(=CC[C@H]3[C@H]2C(=O)C[C@]2(C)C(=O)CC[C@H]32)C1. The summed E-state index contributed by atoms with van der Waals surface area (Å²) in [7, 11) is 0. The van der Waals surface area contributed by atoms with Gasteiger partial charge >= 0.3 is 5.97 Å². The van der Waals surface area contributed by atoms with Crippen LogP contribution in [0.2, 0.25) is 0 Å². The van der Waals surface area contributed by atoms with Crippen LogP contribution in [0.1, 0.15) is 65.7 Å². The Morgan fingerprint density at radius 3 is 2.68 bits per heavy atom. The largest absolute Gasteiger partial charge is 0.462 e. The first-order valence-electron chi connectivity index (χ1n) is 9.68. The molecule has 0 N–H and O–H groups in total. The maximum Gasteiger partial charge on any atom is 0.302 e. The zero-order valence-corrected chi connectivity index (χ0v) is 15.5. The molecule has 4 heteroatoms. The van der Waals surface area contributed by atoms with Crippen LogP contribution in [-0.4, -0.2) is 23.6 Å². The van der Waals surface area contributed by atoms with Crippen molar-refractivity contribution in [3.8, 4) is 0 Å². The molecule has 3 fully saturated rings. The van der Waals surface area contributed by atoms with E-state index in [0.717, 1.165) is 32.1 Å². The van der Waals surface area contributed by atoms with E-state index in [1.54, 1.807) is 0 Å². The van der Waals surface area contributed by atoms with Crippen molar-refractivity contribution in [2.75, 3.05) is 0 Å². The van der Waals surface area contributed by atoms with E-state index in [1.807, 2.05) is 6.92 Å². The van der Waals surface area contributed by atoms with Crippen LogP contribution in [0.25, 0.3) is 0 Å². The van der Waals surface area contributed by atoms with Crippen LogP contribution in [0.4, 0.5) is 0 Å². The molecule has 6 atom stereocenters. The van der Waals surface area contributed by atoms with Crippen LogP contribution >= 0.6 is 0 Å². The number of hydrogen-bond acceptors (Lipinski definition) is 4. The second kappa shape index (κ2) is 5.52. The maximum absolute atomic E-state index is 13.2. The number of ketones is 2. The van der Waals surface area contributed by atoms with Gasteiger partial charge in [-0.05, 0) is 42.9 Å². The van der Waals surface area contributed by atoms with Gasteiger partial charge in [-0.25, -0.2) is 0 Å². The topological polar surface area (TPSA) is 60.4 Å². The van der Waals surface area contributed by atoms with E-state index in [4.69, 9.17) is 4.74 Å². The summed E-state index contributed by atoms with van der Waals surface area (Å²) >= 11 is 0. The van der Waals surface area contributed by atoms with Gasteiger partial charge in [-0.15, -0.1) is 0 Å². The van der Waals surface area contributed by atoms with Crippen molar-refractivity contribution in [3.63, 3.8) is 0 Å². The zero-order chi connectivity index (χ0) is 18.0. The molecule has 0 aromatic rings. The normalized spacial score (nSPS) is 46.0. The number of rotatable bonds is 1. The maximum atomic E-state index is 13.2. The Balaban J connectivity index is 1.66. The molecule has 4 nitrogen and oxygen atoms in total. The minimum absolute atomic E-state index is 0.0368. The second-order valence-corrected chi connectivity index (χ2v) is 9.13. The third-order valence-corrected chi connectivity index (χ3v) is 7.79. The minimum Gasteiger partial charge on any atom is -0.462 e. The van der Waals surface area contributed by atoms with E-state index in [0.29, 0.717) is 30.5 Å². The van der Waals surface area contributed by atoms with Crippen LogP contribution in [0.5, 0.6) is 0 Å². The fourth-order valence-electron chi connectivity index (χ4n) is 6.57. The monoisotopic (exact) mass is 344 g/mol. The van der Waals surface area contributed by atoms with Crippen LogP contribution in [0.15, 0.2) is 11.6 Å². The first-order chi connectivity index (χ1) is 11.8. The molecule has 0 bridgehead atoms. The van der Waals surface area contributed by atoms with Crippen molar-refractivity contribution in [3.05, 3.63) is 11.6 Å². The number of esters is 1. The quantitative estimate of drug-likeness (QED) is 0.538. The standard InChI is InChI=1S/C21H28O4/c1-12(22)25-14-8-9-20(2)13(10-14)4-5-15-16-6-7-18(24)21(16,3)11-17(23)19(15)20/h4,14-16,19H,5-11H2,1-3H3/t14-,15+,16+,19-,20-,21-/m0/s1. The summed E-state index contributed by atoms with van der Waals surface area (Å²) in [6.45, 7) is 5.72. The Kier molecular flexibility index (Phi) is 3.75. The molecule has 25 heavy (non-hydrogen) atoms. The number of fused-ring (bicyclic) bond motifs is 5. The van der Waals surface area contributed by atoms with Gasteiger partial charge in [0.25, 0.3) is 0 Å². The minimum atomic E-state index is -0.422. The summed E-state index contributed by atoms with van der Waals surface area (Å²) in [5.74, 6) is 1.05. The van der Waals surface area contributed by atoms with Crippen LogP contribution < -0.4 is 0 Å². The summed E-state index contributed by atoms with van der Waals surface area (Å²) in [6, 6.07) is 0. The lowest BCUT2D eigenvalue weighted by molar-refractivity contribution is -0.153. The molecule has 4 rings (SSSR count). The van der Waals surface area contributed by atoms with E-state index < -0.39 is 5.41 Å². The molecular weight excluding hydrogens is 316 g/mol. The van der Waals surface area contributed by atoms with Crippen molar-refractivity contribution in [1.29, 1.82) is 0 Å². The molecule has 0 saturated heterocycles. The van der Waals surface area contributed by atoms with E-state index in [1.165, 1.54) is 12.5 Å². The fourth-order valence-corrected chi connectivity index (χ4v) is 6.57. The van der Waals surface area contributed by atoms with Crippen molar-refractivity contribution >= 4 is 17.5 Å². The number of Topliss-reactive ketones (excluding diaryl/α,β-unsaturated/α-hetero) is 2. The summed E-state index contributed by atoms with van der Waals surface area (Å²) in [5.41, 5.74) is 0.755. The van der Waals surface area contributed by atoms with E-state index in [9.17, 15) is 14.4 Å². The lowest BCUT2D eigenvalue weighted by Crippen LogP contribution is -2.55. The molecule has 3 saturated carbocycles. The van der Waals surface area contributed by atoms with Crippen molar-refractivity contribution in [2.45, 2.75) is 71.8 Å². The van der Waals surface area contributed by atoms with Gasteiger partial charge in [-0.2, -0.15) is 0 Å². The van der Waals surface area contributed by atoms with Gasteiger partial charge in [0.15, 0.2) is 0 Å². The highest BCUT2D eigenvalue weighted by Gasteiger charge is 2.61. The Bertz CT molecular complexity index is 677. The van der Waals surface area contributed by atoms with Crippen LogP contribution in [0, 0.1) is 28.6 Å². The average molecular weight is 344 g/mol. The van der Waals surface area contributed by atoms with Crippen molar-refractivity contribution in [2.24, 2.45) is 28.6 Å². The highest BCUT2D eigenvalue weighted by molar-refractivity contribution is 5.95. The van der Waals surface area contributed by atoms with Gasteiger partial charge in [0.1, 0.15) is 17.7 Å². The Morgan fingerprint density at radius 1 is 1.20 bits per heavy atom. The van der Waals surface area contributed by atoms with E-state index in [-0.39, 0.29) is 29.2 Å². The molecule has 0 heterocycles. The number of allylic oxidation sites excluding steroid dienone is 1. The molecule has 4 aliphatic carbocycles. The lowest BCUT2D eigenvalue weighted by atomic mass is 9.47. The number of hydrogen-bond donors (Lipinski definition) is 0. The Hall–Kier alpha value is -1.45. The zero-order valence-electron chi connectivity index (χ0n) is 15.5. The van der Waals surface area contributed by atoms with Gasteiger partial charge < -0.3 is 4.74 Å². The van der Waals surface area contributed by atoms with Crippen LogP contribution in [-0.2, 0) is 19.1 Å². The summed E-state index contributed by atoms with van der Waals surface area (Å²) in [6.07, 6.45) is 7.62. The van der Waals surface area contributed by atoms with Gasteiger partial charge in [0, 0.05) is 37.5 Å². The number of ether oxygens (including phenoxy) is 1. The van der Waals surface area contributed by atoms with Gasteiger partial charge in [-0.3, -0.25) is 14.4 Å². The third kappa shape index (κ3) is 2.36. The van der Waals surface area contributed by atoms with E-state index >= 15 is 0 Å². The van der Waals surface area contributed by atoms with E-state index in [2.05, 4.69) is 13.0 Å². The molecule has 0 radical (unpaired) electrons. The lowest BCUT2D eigenvalue weighted by Gasteiger charge is -2.55. The van der Waals surface area contributed by atoms with Gasteiger partial charge in [-0.1, -0.05) is 25.5 Å². The first kappa shape index (κ1) is 17.0. The molecule has 0 aromatic heterocycles. The molecule has 0 aliphatic heterocycles. The van der Waals surface area contributed by atoms with Gasteiger partial charge in [0.2, 0.25) is 0 Å². The van der Waals surface area contributed by atoms with Crippen molar-refractivity contribution in [1.82, 2.24) is 0 Å². The molecule has 0 amide bonds. The predicted molar refractivity (Wildman–Crippen MR) is 92.7 cm³/mol. The van der Waals surface area contributed by atoms with Crippen LogP contribution in [0.3, 0.4) is 0 Å². The summed E-state index contributed by atoms with van der Waals surface area (Å²) in [5, 5.41) is 0.